The number of anilines is 1. The van der Waals surface area contributed by atoms with Gasteiger partial charge in [-0.15, -0.1) is 0 Å². The van der Waals surface area contributed by atoms with Gasteiger partial charge >= 0.3 is 0 Å². The molecule has 1 saturated heterocycles. The van der Waals surface area contributed by atoms with Crippen LogP contribution in [-0.2, 0) is 27.8 Å². The lowest BCUT2D eigenvalue weighted by atomic mass is 9.98. The molecule has 1 aromatic heterocycles. The van der Waals surface area contributed by atoms with E-state index in [-0.39, 0.29) is 23.2 Å². The molecule has 2 aromatic carbocycles. The average Bonchev–Trinajstić information content (AvgIpc) is 3.10. The van der Waals surface area contributed by atoms with Gasteiger partial charge in [0.1, 0.15) is 5.82 Å². The average molecular weight is 609 g/mol. The highest BCUT2D eigenvalue weighted by Gasteiger charge is 2.27. The number of aryl methyl sites for hydroxylation is 1. The van der Waals surface area contributed by atoms with Crippen LogP contribution in [0.1, 0.15) is 24.8 Å². The van der Waals surface area contributed by atoms with Crippen LogP contribution in [0.5, 0.6) is 0 Å². The van der Waals surface area contributed by atoms with Gasteiger partial charge in [0.05, 0.1) is 4.90 Å². The highest BCUT2D eigenvalue weighted by molar-refractivity contribution is 14.1. The fraction of sp³-hybridized carbons (Fsp3) is 0.333. The zero-order chi connectivity index (χ0) is 25.2. The van der Waals surface area contributed by atoms with E-state index in [4.69, 9.17) is 16.9 Å². The van der Waals surface area contributed by atoms with E-state index < -0.39 is 15.9 Å². The Kier molecular flexibility index (Phi) is 7.55. The molecule has 4 rings (SSSR count). The summed E-state index contributed by atoms with van der Waals surface area (Å²) in [5.41, 5.74) is 12.8. The van der Waals surface area contributed by atoms with E-state index in [2.05, 4.69) is 27.3 Å². The first kappa shape index (κ1) is 25.3. The standard InChI is InChI=1S/C24H29IN6O3S/c25-17-7-9-18(10-8-17)35(33,34)29-23-20(11-12-22(26)32)19-5-1-2-6-21(19)31(23)15-16-4-3-13-30(14-16)24(27)28/h1-2,5-10,16,29H,3-4,11-15H2,(H2,26,32)(H3,27,28)/t16-/m1/s1. The second-order valence-corrected chi connectivity index (χ2v) is 11.7. The maximum absolute atomic E-state index is 13.4. The van der Waals surface area contributed by atoms with Crippen LogP contribution in [0.4, 0.5) is 5.82 Å². The molecule has 2 heterocycles. The summed E-state index contributed by atoms with van der Waals surface area (Å²) in [6.45, 7) is 1.92. The lowest BCUT2D eigenvalue weighted by Gasteiger charge is -2.33. The number of likely N-dealkylation sites (tertiary alicyclic amines) is 1. The molecule has 0 unspecified atom stereocenters. The number of primary amides is 1. The molecule has 6 N–H and O–H groups in total. The highest BCUT2D eigenvalue weighted by Crippen LogP contribution is 2.35. The third-order valence-corrected chi connectivity index (χ3v) is 8.43. The minimum atomic E-state index is -3.88. The minimum absolute atomic E-state index is 0.0499. The number of carbonyl (C=O) groups is 1. The number of aromatic nitrogens is 1. The molecule has 11 heteroatoms. The van der Waals surface area contributed by atoms with Gasteiger partial charge < -0.3 is 20.9 Å². The number of nitrogens with one attached hydrogen (secondary N) is 2. The van der Waals surface area contributed by atoms with Crippen LogP contribution in [0, 0.1) is 14.9 Å². The Morgan fingerprint density at radius 2 is 1.86 bits per heavy atom. The summed E-state index contributed by atoms with van der Waals surface area (Å²) in [5, 5.41) is 8.70. The van der Waals surface area contributed by atoms with Gasteiger partial charge in [0.2, 0.25) is 5.91 Å². The number of carbonyl (C=O) groups excluding carboxylic acids is 1. The number of benzene rings is 2. The van der Waals surface area contributed by atoms with Crippen molar-refractivity contribution in [1.29, 1.82) is 5.41 Å². The van der Waals surface area contributed by atoms with E-state index in [9.17, 15) is 13.2 Å². The first-order valence-corrected chi connectivity index (χ1v) is 14.0. The highest BCUT2D eigenvalue weighted by atomic mass is 127. The van der Waals surface area contributed by atoms with Crippen molar-refractivity contribution >= 4 is 61.2 Å². The van der Waals surface area contributed by atoms with Crippen LogP contribution in [0.25, 0.3) is 10.9 Å². The summed E-state index contributed by atoms with van der Waals surface area (Å²) in [7, 11) is -3.88. The smallest absolute Gasteiger partial charge is 0.263 e. The zero-order valence-electron chi connectivity index (χ0n) is 19.2. The molecule has 0 spiro atoms. The van der Waals surface area contributed by atoms with E-state index >= 15 is 0 Å². The number of hydrogen-bond donors (Lipinski definition) is 4. The quantitative estimate of drug-likeness (QED) is 0.176. The summed E-state index contributed by atoms with van der Waals surface area (Å²) in [5.74, 6) is 0.228. The monoisotopic (exact) mass is 608 g/mol. The minimum Gasteiger partial charge on any atom is -0.370 e. The third kappa shape index (κ3) is 5.72. The second kappa shape index (κ2) is 10.4. The van der Waals surface area contributed by atoms with Crippen molar-refractivity contribution in [2.24, 2.45) is 17.4 Å². The van der Waals surface area contributed by atoms with E-state index in [1.807, 2.05) is 33.7 Å². The number of para-hydroxylation sites is 1. The number of piperidine rings is 1. The summed E-state index contributed by atoms with van der Waals surface area (Å²) in [6.07, 6.45) is 2.27. The lowest BCUT2D eigenvalue weighted by Crippen LogP contribution is -2.44. The second-order valence-electron chi connectivity index (χ2n) is 8.82. The number of sulfonamides is 1. The van der Waals surface area contributed by atoms with Crippen molar-refractivity contribution in [3.8, 4) is 0 Å². The molecular weight excluding hydrogens is 579 g/mol. The lowest BCUT2D eigenvalue weighted by molar-refractivity contribution is -0.117. The Morgan fingerprint density at radius 3 is 2.54 bits per heavy atom. The van der Waals surface area contributed by atoms with Crippen molar-refractivity contribution in [3.63, 3.8) is 0 Å². The van der Waals surface area contributed by atoms with Gasteiger partial charge in [-0.1, -0.05) is 18.2 Å². The fourth-order valence-corrected chi connectivity index (χ4v) is 6.13. The zero-order valence-corrected chi connectivity index (χ0v) is 22.2. The van der Waals surface area contributed by atoms with Crippen LogP contribution < -0.4 is 16.2 Å². The first-order chi connectivity index (χ1) is 16.7. The molecule has 186 valence electrons. The molecule has 9 nitrogen and oxygen atoms in total. The summed E-state index contributed by atoms with van der Waals surface area (Å²) in [4.78, 5) is 13.6. The topological polar surface area (TPSA) is 147 Å². The number of nitrogens with two attached hydrogens (primary N) is 2. The third-order valence-electron chi connectivity index (χ3n) is 6.35. The van der Waals surface area contributed by atoms with Crippen LogP contribution >= 0.6 is 22.6 Å². The molecule has 1 aliphatic rings. The van der Waals surface area contributed by atoms with Crippen molar-refractivity contribution in [2.75, 3.05) is 17.8 Å². The van der Waals surface area contributed by atoms with Crippen LogP contribution in [0.2, 0.25) is 0 Å². The summed E-state index contributed by atoms with van der Waals surface area (Å²) >= 11 is 2.13. The number of hydrogen-bond acceptors (Lipinski definition) is 4. The molecule has 3 aromatic rings. The van der Waals surface area contributed by atoms with Crippen molar-refractivity contribution in [1.82, 2.24) is 9.47 Å². The Bertz CT molecular complexity index is 1350. The molecule has 1 fully saturated rings. The first-order valence-electron chi connectivity index (χ1n) is 11.4. The SMILES string of the molecule is N=C(N)N1CCC[C@@H](Cn2c(NS(=O)(=O)c3ccc(I)cc3)c(CCC(N)=O)c3ccccc32)C1. The number of halogens is 1. The van der Waals surface area contributed by atoms with Crippen molar-refractivity contribution < 1.29 is 13.2 Å². The van der Waals surface area contributed by atoms with Crippen LogP contribution in [0.3, 0.4) is 0 Å². The van der Waals surface area contributed by atoms with E-state index in [0.29, 0.717) is 25.3 Å². The molecule has 1 aliphatic heterocycles. The van der Waals surface area contributed by atoms with Crippen molar-refractivity contribution in [2.45, 2.75) is 37.1 Å². The van der Waals surface area contributed by atoms with Gasteiger partial charge in [-0.3, -0.25) is 14.9 Å². The van der Waals surface area contributed by atoms with Gasteiger partial charge in [0.15, 0.2) is 5.96 Å². The molecule has 1 atom stereocenters. The van der Waals surface area contributed by atoms with E-state index in [0.717, 1.165) is 39.4 Å². The Hall–Kier alpha value is -2.80. The van der Waals surface area contributed by atoms with Crippen molar-refractivity contribution in [3.05, 3.63) is 57.7 Å². The number of guanidine groups is 1. The number of nitrogens with zero attached hydrogens (tertiary/aromatic N) is 2. The van der Waals surface area contributed by atoms with Gasteiger partial charge in [0, 0.05) is 46.1 Å². The predicted molar refractivity (Wildman–Crippen MR) is 146 cm³/mol. The Balaban J connectivity index is 1.79. The maximum Gasteiger partial charge on any atom is 0.263 e. The number of amides is 1. The molecule has 35 heavy (non-hydrogen) atoms. The molecule has 0 aliphatic carbocycles. The maximum atomic E-state index is 13.4. The molecule has 0 radical (unpaired) electrons. The summed E-state index contributed by atoms with van der Waals surface area (Å²) < 4.78 is 32.5. The molecule has 1 amide bonds. The van der Waals surface area contributed by atoms with Gasteiger partial charge in [0.25, 0.3) is 10.0 Å². The molecule has 0 bridgehead atoms. The molecular formula is C24H29IN6O3S. The van der Waals surface area contributed by atoms with E-state index in [1.165, 1.54) is 0 Å². The number of rotatable bonds is 8. The normalized spacial score (nSPS) is 16.4. The Labute approximate surface area is 218 Å². The van der Waals surface area contributed by atoms with Crippen LogP contribution in [-0.4, -0.2) is 42.8 Å². The van der Waals surface area contributed by atoms with Gasteiger partial charge in [-0.05, 0) is 78.1 Å². The predicted octanol–water partition coefficient (Wildman–Crippen LogP) is 3.07. The van der Waals surface area contributed by atoms with E-state index in [1.54, 1.807) is 24.3 Å². The largest absolute Gasteiger partial charge is 0.370 e. The number of fused-ring (bicyclic) bond motifs is 1. The fourth-order valence-electron chi connectivity index (χ4n) is 4.67. The Morgan fingerprint density at radius 1 is 1.14 bits per heavy atom. The van der Waals surface area contributed by atoms with Gasteiger partial charge in [-0.25, -0.2) is 8.42 Å². The van der Waals surface area contributed by atoms with Crippen LogP contribution in [0.15, 0.2) is 53.4 Å². The molecule has 0 saturated carbocycles. The van der Waals surface area contributed by atoms with Gasteiger partial charge in [-0.2, -0.15) is 0 Å². The summed E-state index contributed by atoms with van der Waals surface area (Å²) in [6, 6.07) is 14.4.